The number of methoxy groups -OCH3 is 2. The van der Waals surface area contributed by atoms with Gasteiger partial charge in [0.05, 0.1) is 7.11 Å². The Morgan fingerprint density at radius 3 is 2.68 bits per heavy atom. The Kier molecular flexibility index (Phi) is 7.71. The molecule has 0 bridgehead atoms. The zero-order valence-electron chi connectivity index (χ0n) is 17.5. The van der Waals surface area contributed by atoms with Crippen LogP contribution < -0.4 is 4.74 Å². The van der Waals surface area contributed by atoms with Crippen LogP contribution in [0.4, 0.5) is 0 Å². The molecule has 0 radical (unpaired) electrons. The number of aryl methyl sites for hydroxylation is 1. The molecule has 0 spiro atoms. The summed E-state index contributed by atoms with van der Waals surface area (Å²) in [5.74, 6) is 1.04. The van der Waals surface area contributed by atoms with E-state index in [1.165, 1.54) is 5.56 Å². The number of carbonyl (C=O) groups excluding carboxylic acids is 1. The lowest BCUT2D eigenvalue weighted by Crippen LogP contribution is -2.55. The van der Waals surface area contributed by atoms with E-state index in [1.807, 2.05) is 6.07 Å². The normalized spacial score (nSPS) is 21.5. The molecule has 2 aliphatic rings. The first kappa shape index (κ1) is 21.1. The molecule has 2 fully saturated rings. The number of rotatable bonds is 7. The molecule has 3 rings (SSSR count). The van der Waals surface area contributed by atoms with E-state index < -0.39 is 0 Å². The second kappa shape index (κ2) is 10.2. The Hall–Kier alpha value is -1.63. The summed E-state index contributed by atoms with van der Waals surface area (Å²) < 4.78 is 16.1. The highest BCUT2D eigenvalue weighted by Crippen LogP contribution is 2.25. The van der Waals surface area contributed by atoms with Crippen LogP contribution in [0.1, 0.15) is 36.8 Å². The molecule has 2 aliphatic heterocycles. The van der Waals surface area contributed by atoms with Gasteiger partial charge in [-0.3, -0.25) is 9.69 Å². The van der Waals surface area contributed by atoms with E-state index in [9.17, 15) is 4.79 Å². The summed E-state index contributed by atoms with van der Waals surface area (Å²) in [7, 11) is 3.30. The maximum Gasteiger partial charge on any atom is 0.249 e. The third-order valence-electron chi connectivity index (χ3n) is 5.88. The molecule has 1 atom stereocenters. The molecule has 28 heavy (non-hydrogen) atoms. The van der Waals surface area contributed by atoms with Crippen molar-refractivity contribution in [2.24, 2.45) is 0 Å². The van der Waals surface area contributed by atoms with Crippen molar-refractivity contribution >= 4 is 5.91 Å². The summed E-state index contributed by atoms with van der Waals surface area (Å²) >= 11 is 0. The number of hydrogen-bond acceptors (Lipinski definition) is 5. The van der Waals surface area contributed by atoms with Crippen molar-refractivity contribution in [2.45, 2.75) is 51.2 Å². The number of hydrogen-bond donors (Lipinski definition) is 0. The number of likely N-dealkylation sites (tertiary alicyclic amines) is 1. The van der Waals surface area contributed by atoms with Crippen molar-refractivity contribution in [1.29, 1.82) is 0 Å². The van der Waals surface area contributed by atoms with E-state index in [1.54, 1.807) is 14.2 Å². The van der Waals surface area contributed by atoms with Crippen LogP contribution >= 0.6 is 0 Å². The fourth-order valence-electron chi connectivity index (χ4n) is 4.57. The van der Waals surface area contributed by atoms with Gasteiger partial charge in [0.1, 0.15) is 12.4 Å². The second-order valence-electron chi connectivity index (χ2n) is 7.91. The minimum Gasteiger partial charge on any atom is -0.496 e. The molecule has 0 saturated carbocycles. The smallest absolute Gasteiger partial charge is 0.249 e. The van der Waals surface area contributed by atoms with Gasteiger partial charge in [-0.05, 0) is 56.3 Å². The summed E-state index contributed by atoms with van der Waals surface area (Å²) in [6, 6.07) is 6.91. The van der Waals surface area contributed by atoms with Crippen LogP contribution in [0.2, 0.25) is 0 Å². The molecule has 1 unspecified atom stereocenters. The molecule has 6 nitrogen and oxygen atoms in total. The molecule has 2 heterocycles. The van der Waals surface area contributed by atoms with Crippen LogP contribution in [0.15, 0.2) is 18.2 Å². The lowest BCUT2D eigenvalue weighted by Gasteiger charge is -2.44. The summed E-state index contributed by atoms with van der Waals surface area (Å²) in [5.41, 5.74) is 2.45. The fraction of sp³-hybridized carbons (Fsp3) is 0.682. The number of amides is 1. The van der Waals surface area contributed by atoms with Crippen molar-refractivity contribution in [3.8, 4) is 5.75 Å². The van der Waals surface area contributed by atoms with Gasteiger partial charge in [0.25, 0.3) is 0 Å². The predicted molar refractivity (Wildman–Crippen MR) is 109 cm³/mol. The molecular formula is C22H34N2O4. The van der Waals surface area contributed by atoms with E-state index in [4.69, 9.17) is 14.2 Å². The van der Waals surface area contributed by atoms with Gasteiger partial charge in [0.15, 0.2) is 0 Å². The average molecular weight is 391 g/mol. The van der Waals surface area contributed by atoms with Gasteiger partial charge < -0.3 is 19.1 Å². The van der Waals surface area contributed by atoms with Crippen LogP contribution in [-0.2, 0) is 20.8 Å². The Bertz CT molecular complexity index is 645. The topological polar surface area (TPSA) is 51.2 Å². The number of benzene rings is 1. The predicted octanol–water partition coefficient (Wildman–Crippen LogP) is 2.62. The van der Waals surface area contributed by atoms with Crippen LogP contribution in [0.5, 0.6) is 5.75 Å². The van der Waals surface area contributed by atoms with E-state index in [2.05, 4.69) is 28.9 Å². The molecule has 1 aromatic carbocycles. The summed E-state index contributed by atoms with van der Waals surface area (Å²) in [6.45, 7) is 6.61. The first-order valence-electron chi connectivity index (χ1n) is 10.4. The van der Waals surface area contributed by atoms with Gasteiger partial charge in [-0.15, -0.1) is 0 Å². The van der Waals surface area contributed by atoms with Gasteiger partial charge in [-0.25, -0.2) is 0 Å². The van der Waals surface area contributed by atoms with Gasteiger partial charge in [0.2, 0.25) is 5.91 Å². The SMILES string of the molecule is COCC(=O)N(C1CCOCC1)C1CCCN(Cc2ccc(OC)c(C)c2)C1. The lowest BCUT2D eigenvalue weighted by molar-refractivity contribution is -0.144. The van der Waals surface area contributed by atoms with Crippen molar-refractivity contribution in [3.05, 3.63) is 29.3 Å². The van der Waals surface area contributed by atoms with E-state index in [0.29, 0.717) is 0 Å². The largest absolute Gasteiger partial charge is 0.496 e. The maximum atomic E-state index is 12.8. The monoisotopic (exact) mass is 390 g/mol. The molecular weight excluding hydrogens is 356 g/mol. The van der Waals surface area contributed by atoms with Crippen LogP contribution in [0.3, 0.4) is 0 Å². The van der Waals surface area contributed by atoms with E-state index >= 15 is 0 Å². The van der Waals surface area contributed by atoms with E-state index in [0.717, 1.165) is 69.8 Å². The number of ether oxygens (including phenoxy) is 3. The Morgan fingerprint density at radius 1 is 1.21 bits per heavy atom. The second-order valence-corrected chi connectivity index (χ2v) is 7.91. The minimum atomic E-state index is 0.113. The van der Waals surface area contributed by atoms with Gasteiger partial charge in [-0.1, -0.05) is 12.1 Å². The number of piperidine rings is 1. The first-order valence-corrected chi connectivity index (χ1v) is 10.4. The molecule has 6 heteroatoms. The summed E-state index contributed by atoms with van der Waals surface area (Å²) in [5, 5.41) is 0. The molecule has 1 amide bonds. The maximum absolute atomic E-state index is 12.8. The highest BCUT2D eigenvalue weighted by Gasteiger charge is 2.34. The number of nitrogens with zero attached hydrogens (tertiary/aromatic N) is 2. The zero-order valence-corrected chi connectivity index (χ0v) is 17.5. The molecule has 0 aromatic heterocycles. The zero-order chi connectivity index (χ0) is 19.9. The van der Waals surface area contributed by atoms with Crippen molar-refractivity contribution in [1.82, 2.24) is 9.80 Å². The molecule has 0 aliphatic carbocycles. The van der Waals surface area contributed by atoms with Gasteiger partial charge in [0, 0.05) is 45.5 Å². The van der Waals surface area contributed by atoms with Crippen LogP contribution in [0, 0.1) is 6.92 Å². The fourth-order valence-corrected chi connectivity index (χ4v) is 4.57. The van der Waals surface area contributed by atoms with Crippen molar-refractivity contribution in [3.63, 3.8) is 0 Å². The Balaban J connectivity index is 1.68. The third kappa shape index (κ3) is 5.25. The van der Waals surface area contributed by atoms with Crippen molar-refractivity contribution in [2.75, 3.05) is 47.1 Å². The first-order chi connectivity index (χ1) is 13.6. The standard InChI is InChI=1S/C22H34N2O4/c1-17-13-18(6-7-21(17)27-3)14-23-10-4-5-20(15-23)24(22(25)16-26-2)19-8-11-28-12-9-19/h6-7,13,19-20H,4-5,8-12,14-16H2,1-3H3. The van der Waals surface area contributed by atoms with E-state index in [-0.39, 0.29) is 24.6 Å². The summed E-state index contributed by atoms with van der Waals surface area (Å²) in [6.07, 6.45) is 4.01. The third-order valence-corrected chi connectivity index (χ3v) is 5.88. The molecule has 2 saturated heterocycles. The van der Waals surface area contributed by atoms with Crippen LogP contribution in [-0.4, -0.2) is 74.9 Å². The highest BCUT2D eigenvalue weighted by molar-refractivity contribution is 5.78. The lowest BCUT2D eigenvalue weighted by atomic mass is 9.98. The summed E-state index contributed by atoms with van der Waals surface area (Å²) in [4.78, 5) is 17.4. The highest BCUT2D eigenvalue weighted by atomic mass is 16.5. The molecule has 156 valence electrons. The van der Waals surface area contributed by atoms with Crippen LogP contribution in [0.25, 0.3) is 0 Å². The molecule has 0 N–H and O–H groups in total. The Morgan fingerprint density at radius 2 is 2.00 bits per heavy atom. The molecule has 1 aromatic rings. The van der Waals surface area contributed by atoms with Gasteiger partial charge >= 0.3 is 0 Å². The number of carbonyl (C=O) groups is 1. The average Bonchev–Trinajstić information content (AvgIpc) is 2.70. The minimum absolute atomic E-state index is 0.113. The van der Waals surface area contributed by atoms with Crippen molar-refractivity contribution < 1.29 is 19.0 Å². The Labute approximate surface area is 168 Å². The van der Waals surface area contributed by atoms with Gasteiger partial charge in [-0.2, -0.15) is 0 Å². The quantitative estimate of drug-likeness (QED) is 0.716.